The zero-order chi connectivity index (χ0) is 15.5. The first-order chi connectivity index (χ1) is 9.97. The monoisotopic (exact) mass is 312 g/mol. The molecule has 0 radical (unpaired) electrons. The number of benzene rings is 1. The molecule has 5 nitrogen and oxygen atoms in total. The van der Waals surface area contributed by atoms with Gasteiger partial charge in [-0.3, -0.25) is 0 Å². The number of nitrogens with one attached hydrogen (secondary N) is 2. The Morgan fingerprint density at radius 1 is 1.38 bits per heavy atom. The Balaban J connectivity index is 2.17. The second-order valence-electron chi connectivity index (χ2n) is 5.59. The minimum atomic E-state index is -3.44. The van der Waals surface area contributed by atoms with Gasteiger partial charge in [0.25, 0.3) is 0 Å². The van der Waals surface area contributed by atoms with Crippen LogP contribution in [0, 0.1) is 5.92 Å². The van der Waals surface area contributed by atoms with Crippen LogP contribution in [0.15, 0.2) is 23.1 Å². The molecular weight excluding hydrogens is 288 g/mol. The third kappa shape index (κ3) is 4.18. The molecule has 2 rings (SSSR count). The van der Waals surface area contributed by atoms with Gasteiger partial charge in [0.2, 0.25) is 10.0 Å². The van der Waals surface area contributed by atoms with Crippen molar-refractivity contribution < 1.29 is 13.2 Å². The van der Waals surface area contributed by atoms with Crippen LogP contribution >= 0.6 is 0 Å². The van der Waals surface area contributed by atoms with Gasteiger partial charge in [-0.05, 0) is 43.5 Å². The fourth-order valence-corrected chi connectivity index (χ4v) is 3.62. The van der Waals surface area contributed by atoms with Gasteiger partial charge < -0.3 is 10.1 Å². The summed E-state index contributed by atoms with van der Waals surface area (Å²) in [6.07, 6.45) is 1.95. The molecule has 0 heterocycles. The van der Waals surface area contributed by atoms with E-state index in [2.05, 4.69) is 17.0 Å². The molecule has 1 aliphatic rings. The Morgan fingerprint density at radius 2 is 2.10 bits per heavy atom. The summed E-state index contributed by atoms with van der Waals surface area (Å²) in [5.74, 6) is 1.14. The lowest BCUT2D eigenvalue weighted by molar-refractivity contribution is 0.407. The molecule has 0 saturated heterocycles. The zero-order valence-corrected chi connectivity index (χ0v) is 13.7. The van der Waals surface area contributed by atoms with Crippen LogP contribution in [0.25, 0.3) is 0 Å². The largest absolute Gasteiger partial charge is 0.496 e. The highest BCUT2D eigenvalue weighted by Crippen LogP contribution is 2.31. The fourth-order valence-electron chi connectivity index (χ4n) is 2.21. The van der Waals surface area contributed by atoms with Gasteiger partial charge in [0.05, 0.1) is 12.0 Å². The summed E-state index contributed by atoms with van der Waals surface area (Å²) in [5, 5.41) is 3.27. The fraction of sp³-hybridized carbons (Fsp3) is 0.600. The third-order valence-corrected chi connectivity index (χ3v) is 5.21. The van der Waals surface area contributed by atoms with Crippen LogP contribution in [0.5, 0.6) is 5.75 Å². The molecule has 21 heavy (non-hydrogen) atoms. The van der Waals surface area contributed by atoms with Gasteiger partial charge in [0.1, 0.15) is 5.75 Å². The lowest BCUT2D eigenvalue weighted by atomic mass is 10.2. The van der Waals surface area contributed by atoms with Crippen LogP contribution in [0.3, 0.4) is 0 Å². The SMILES string of the molecule is CCCNCc1cc(S(=O)(=O)NC2CC2C)ccc1OC. The van der Waals surface area contributed by atoms with Crippen molar-refractivity contribution in [3.8, 4) is 5.75 Å². The number of hydrogen-bond acceptors (Lipinski definition) is 4. The summed E-state index contributed by atoms with van der Waals surface area (Å²) in [5.41, 5.74) is 0.859. The van der Waals surface area contributed by atoms with E-state index < -0.39 is 10.0 Å². The van der Waals surface area contributed by atoms with Crippen LogP contribution in [-0.4, -0.2) is 28.1 Å². The molecule has 0 amide bonds. The molecule has 2 unspecified atom stereocenters. The van der Waals surface area contributed by atoms with E-state index in [1.807, 2.05) is 6.92 Å². The number of methoxy groups -OCH3 is 1. The highest BCUT2D eigenvalue weighted by molar-refractivity contribution is 7.89. The van der Waals surface area contributed by atoms with Crippen LogP contribution in [0.1, 0.15) is 32.3 Å². The molecule has 1 fully saturated rings. The summed E-state index contributed by atoms with van der Waals surface area (Å²) >= 11 is 0. The summed E-state index contributed by atoms with van der Waals surface area (Å²) in [6.45, 7) is 5.62. The predicted octanol–water partition coefficient (Wildman–Crippen LogP) is 1.88. The standard InChI is InChI=1S/C15H24N2O3S/c1-4-7-16-10-12-9-13(5-6-15(12)20-3)21(18,19)17-14-8-11(14)2/h5-6,9,11,14,16-17H,4,7-8,10H2,1-3H3. The topological polar surface area (TPSA) is 67.4 Å². The van der Waals surface area contributed by atoms with Gasteiger partial charge >= 0.3 is 0 Å². The highest BCUT2D eigenvalue weighted by Gasteiger charge is 2.36. The molecule has 6 heteroatoms. The Kier molecular flexibility index (Phi) is 5.24. The van der Waals surface area contributed by atoms with E-state index in [-0.39, 0.29) is 6.04 Å². The molecule has 0 bridgehead atoms. The molecule has 0 aromatic heterocycles. The van der Waals surface area contributed by atoms with E-state index in [4.69, 9.17) is 4.74 Å². The molecule has 0 aliphatic heterocycles. The van der Waals surface area contributed by atoms with Gasteiger partial charge in [-0.15, -0.1) is 0 Å². The van der Waals surface area contributed by atoms with E-state index in [9.17, 15) is 8.42 Å². The maximum absolute atomic E-state index is 12.3. The van der Waals surface area contributed by atoms with Crippen LogP contribution in [0.2, 0.25) is 0 Å². The maximum atomic E-state index is 12.3. The molecule has 1 aromatic rings. The average molecular weight is 312 g/mol. The second-order valence-corrected chi connectivity index (χ2v) is 7.31. The van der Waals surface area contributed by atoms with Crippen molar-refractivity contribution in [2.45, 2.75) is 44.2 Å². The highest BCUT2D eigenvalue weighted by atomic mass is 32.2. The van der Waals surface area contributed by atoms with Gasteiger partial charge in [0.15, 0.2) is 0 Å². The number of rotatable bonds is 8. The van der Waals surface area contributed by atoms with E-state index in [0.717, 1.165) is 24.9 Å². The van der Waals surface area contributed by atoms with E-state index >= 15 is 0 Å². The van der Waals surface area contributed by atoms with E-state index in [1.54, 1.807) is 25.3 Å². The minimum absolute atomic E-state index is 0.0822. The van der Waals surface area contributed by atoms with Gasteiger partial charge in [0, 0.05) is 18.2 Å². The normalized spacial score (nSPS) is 21.3. The molecular formula is C15H24N2O3S. The quantitative estimate of drug-likeness (QED) is 0.719. The first kappa shape index (κ1) is 16.3. The van der Waals surface area contributed by atoms with Crippen molar-refractivity contribution in [2.24, 2.45) is 5.92 Å². The van der Waals surface area contributed by atoms with Crippen LogP contribution in [-0.2, 0) is 16.6 Å². The molecule has 2 N–H and O–H groups in total. The smallest absolute Gasteiger partial charge is 0.240 e. The second kappa shape index (κ2) is 6.77. The van der Waals surface area contributed by atoms with Crippen molar-refractivity contribution in [1.82, 2.24) is 10.0 Å². The Morgan fingerprint density at radius 3 is 2.67 bits per heavy atom. The lowest BCUT2D eigenvalue weighted by Gasteiger charge is -2.12. The molecule has 1 saturated carbocycles. The minimum Gasteiger partial charge on any atom is -0.496 e. The van der Waals surface area contributed by atoms with Crippen molar-refractivity contribution in [3.63, 3.8) is 0 Å². The van der Waals surface area contributed by atoms with E-state index in [1.165, 1.54) is 0 Å². The average Bonchev–Trinajstić information content (AvgIpc) is 3.13. The van der Waals surface area contributed by atoms with Gasteiger partial charge in [-0.2, -0.15) is 0 Å². The zero-order valence-electron chi connectivity index (χ0n) is 12.8. The third-order valence-electron chi connectivity index (χ3n) is 3.72. The number of ether oxygens (including phenoxy) is 1. The maximum Gasteiger partial charge on any atom is 0.240 e. The Hall–Kier alpha value is -1.11. The molecule has 1 aliphatic carbocycles. The van der Waals surface area contributed by atoms with Crippen molar-refractivity contribution in [3.05, 3.63) is 23.8 Å². The summed E-state index contributed by atoms with van der Waals surface area (Å²) in [7, 11) is -1.85. The molecule has 118 valence electrons. The summed E-state index contributed by atoms with van der Waals surface area (Å²) < 4.78 is 32.7. The Labute approximate surface area is 127 Å². The number of sulfonamides is 1. The van der Waals surface area contributed by atoms with Crippen LogP contribution in [0.4, 0.5) is 0 Å². The first-order valence-corrected chi connectivity index (χ1v) is 8.86. The molecule has 0 spiro atoms. The van der Waals surface area contributed by atoms with E-state index in [0.29, 0.717) is 23.1 Å². The summed E-state index contributed by atoms with van der Waals surface area (Å²) in [4.78, 5) is 0.302. The summed E-state index contributed by atoms with van der Waals surface area (Å²) in [6, 6.07) is 5.08. The lowest BCUT2D eigenvalue weighted by Crippen LogP contribution is -2.27. The number of hydrogen-bond donors (Lipinski definition) is 2. The van der Waals surface area contributed by atoms with Gasteiger partial charge in [-0.25, -0.2) is 13.1 Å². The predicted molar refractivity (Wildman–Crippen MR) is 82.9 cm³/mol. The molecule has 1 aromatic carbocycles. The first-order valence-electron chi connectivity index (χ1n) is 7.38. The Bertz CT molecular complexity index is 587. The van der Waals surface area contributed by atoms with Crippen molar-refractivity contribution in [1.29, 1.82) is 0 Å². The van der Waals surface area contributed by atoms with Gasteiger partial charge in [-0.1, -0.05) is 13.8 Å². The van der Waals surface area contributed by atoms with Crippen LogP contribution < -0.4 is 14.8 Å². The van der Waals surface area contributed by atoms with Crippen molar-refractivity contribution >= 4 is 10.0 Å². The molecule has 2 atom stereocenters. The van der Waals surface area contributed by atoms with Crippen molar-refractivity contribution in [2.75, 3.05) is 13.7 Å².